The van der Waals surface area contributed by atoms with Crippen LogP contribution in [0.15, 0.2) is 30.0 Å². The highest BCUT2D eigenvalue weighted by molar-refractivity contribution is 6.15. The molecule has 0 saturated carbocycles. The fourth-order valence-electron chi connectivity index (χ4n) is 2.18. The van der Waals surface area contributed by atoms with E-state index in [1.807, 2.05) is 26.0 Å². The highest BCUT2D eigenvalue weighted by atomic mass is 16.5. The van der Waals surface area contributed by atoms with Crippen LogP contribution in [0.3, 0.4) is 0 Å². The van der Waals surface area contributed by atoms with Crippen molar-refractivity contribution >= 4 is 5.78 Å². The number of carbonyl (C=O) groups is 1. The van der Waals surface area contributed by atoms with Crippen molar-refractivity contribution in [3.63, 3.8) is 0 Å². The first-order chi connectivity index (χ1) is 7.52. The van der Waals surface area contributed by atoms with Crippen molar-refractivity contribution in [1.29, 1.82) is 0 Å². The van der Waals surface area contributed by atoms with E-state index in [1.165, 1.54) is 0 Å². The summed E-state index contributed by atoms with van der Waals surface area (Å²) < 4.78 is 5.09. The van der Waals surface area contributed by atoms with Crippen LogP contribution in [0.2, 0.25) is 0 Å². The number of rotatable bonds is 1. The number of Topliss-reactive ketones (excluding diaryl/α,β-unsaturated/α-hetero) is 1. The van der Waals surface area contributed by atoms with Crippen LogP contribution >= 0.6 is 0 Å². The maximum Gasteiger partial charge on any atom is 0.193 e. The zero-order valence-corrected chi connectivity index (χ0v) is 9.57. The molecule has 2 rings (SSSR count). The van der Waals surface area contributed by atoms with Gasteiger partial charge in [-0.05, 0) is 17.7 Å². The van der Waals surface area contributed by atoms with Gasteiger partial charge in [-0.3, -0.25) is 4.79 Å². The average Bonchev–Trinajstić information content (AvgIpc) is 2.46. The van der Waals surface area contributed by atoms with Crippen LogP contribution in [-0.4, -0.2) is 18.0 Å². The predicted molar refractivity (Wildman–Crippen MR) is 61.1 cm³/mol. The standard InChI is InChI=1S/C13H14O3/c1-13(2)10-5-4-8(16-3)6-9(10)12(15)11(13)7-14/h4-7,14H,1-3H3/b11-7+. The Kier molecular flexibility index (Phi) is 2.26. The van der Waals surface area contributed by atoms with Gasteiger partial charge in [-0.2, -0.15) is 0 Å². The minimum atomic E-state index is -0.437. The Morgan fingerprint density at radius 3 is 2.62 bits per heavy atom. The molecule has 0 unspecified atom stereocenters. The molecule has 1 aromatic rings. The molecule has 0 amide bonds. The predicted octanol–water partition coefficient (Wildman–Crippen LogP) is 2.61. The van der Waals surface area contributed by atoms with Gasteiger partial charge in [0, 0.05) is 16.6 Å². The molecular formula is C13H14O3. The third-order valence-corrected chi connectivity index (χ3v) is 3.19. The summed E-state index contributed by atoms with van der Waals surface area (Å²) in [5.41, 5.74) is 1.53. The summed E-state index contributed by atoms with van der Waals surface area (Å²) in [5.74, 6) is 0.531. The van der Waals surface area contributed by atoms with E-state index in [2.05, 4.69) is 0 Å². The van der Waals surface area contributed by atoms with Gasteiger partial charge in [0.15, 0.2) is 5.78 Å². The summed E-state index contributed by atoms with van der Waals surface area (Å²) in [5, 5.41) is 9.16. The van der Waals surface area contributed by atoms with Gasteiger partial charge in [-0.1, -0.05) is 19.9 Å². The highest BCUT2D eigenvalue weighted by Gasteiger charge is 2.41. The van der Waals surface area contributed by atoms with E-state index in [1.54, 1.807) is 13.2 Å². The average molecular weight is 218 g/mol. The quantitative estimate of drug-likeness (QED) is 0.582. The van der Waals surface area contributed by atoms with E-state index in [4.69, 9.17) is 9.84 Å². The Hall–Kier alpha value is -1.77. The summed E-state index contributed by atoms with van der Waals surface area (Å²) in [6.07, 6.45) is 0.912. The van der Waals surface area contributed by atoms with Crippen molar-refractivity contribution < 1.29 is 14.6 Å². The monoisotopic (exact) mass is 218 g/mol. The first-order valence-corrected chi connectivity index (χ1v) is 5.10. The number of allylic oxidation sites excluding steroid dienone is 1. The molecule has 0 atom stereocenters. The number of hydrogen-bond donors (Lipinski definition) is 1. The first-order valence-electron chi connectivity index (χ1n) is 5.10. The number of fused-ring (bicyclic) bond motifs is 1. The van der Waals surface area contributed by atoms with Crippen LogP contribution in [0.25, 0.3) is 0 Å². The van der Waals surface area contributed by atoms with Gasteiger partial charge in [-0.25, -0.2) is 0 Å². The minimum Gasteiger partial charge on any atom is -0.515 e. The molecular weight excluding hydrogens is 204 g/mol. The number of ether oxygens (including phenoxy) is 1. The van der Waals surface area contributed by atoms with Gasteiger partial charge in [0.25, 0.3) is 0 Å². The highest BCUT2D eigenvalue weighted by Crippen LogP contribution is 2.43. The van der Waals surface area contributed by atoms with Crippen LogP contribution in [0.1, 0.15) is 29.8 Å². The van der Waals surface area contributed by atoms with E-state index in [0.717, 1.165) is 11.8 Å². The van der Waals surface area contributed by atoms with E-state index in [-0.39, 0.29) is 5.78 Å². The minimum absolute atomic E-state index is 0.124. The normalized spacial score (nSPS) is 19.9. The second-order valence-corrected chi connectivity index (χ2v) is 4.41. The topological polar surface area (TPSA) is 46.5 Å². The Labute approximate surface area is 94.4 Å². The molecule has 0 bridgehead atoms. The molecule has 0 spiro atoms. The van der Waals surface area contributed by atoms with E-state index in [0.29, 0.717) is 16.9 Å². The smallest absolute Gasteiger partial charge is 0.193 e. The lowest BCUT2D eigenvalue weighted by Crippen LogP contribution is -2.16. The van der Waals surface area contributed by atoms with Gasteiger partial charge < -0.3 is 9.84 Å². The molecule has 3 nitrogen and oxygen atoms in total. The molecule has 84 valence electrons. The van der Waals surface area contributed by atoms with E-state index in [9.17, 15) is 4.79 Å². The maximum atomic E-state index is 12.0. The number of carbonyl (C=O) groups excluding carboxylic acids is 1. The Balaban J connectivity index is 2.67. The molecule has 0 aromatic heterocycles. The van der Waals surface area contributed by atoms with Crippen LogP contribution in [0.5, 0.6) is 5.75 Å². The Bertz CT molecular complexity index is 484. The lowest BCUT2D eigenvalue weighted by molar-refractivity contribution is 0.103. The molecule has 1 aliphatic rings. The van der Waals surface area contributed by atoms with E-state index < -0.39 is 5.41 Å². The summed E-state index contributed by atoms with van der Waals surface area (Å²) in [6.45, 7) is 3.84. The first kappa shape index (κ1) is 10.7. The van der Waals surface area contributed by atoms with E-state index >= 15 is 0 Å². The van der Waals surface area contributed by atoms with Crippen molar-refractivity contribution in [3.05, 3.63) is 41.2 Å². The largest absolute Gasteiger partial charge is 0.515 e. The summed E-state index contributed by atoms with van der Waals surface area (Å²) >= 11 is 0. The SMILES string of the molecule is COc1ccc2c(c1)C(=O)/C(=C\O)C2(C)C. The number of aliphatic hydroxyl groups excluding tert-OH is 1. The van der Waals surface area contributed by atoms with Gasteiger partial charge in [0.05, 0.1) is 13.4 Å². The summed E-state index contributed by atoms with van der Waals surface area (Å²) in [4.78, 5) is 12.0. The van der Waals surface area contributed by atoms with Gasteiger partial charge in [-0.15, -0.1) is 0 Å². The molecule has 0 heterocycles. The Morgan fingerprint density at radius 2 is 2.06 bits per heavy atom. The molecule has 0 fully saturated rings. The third kappa shape index (κ3) is 1.24. The van der Waals surface area contributed by atoms with Gasteiger partial charge >= 0.3 is 0 Å². The molecule has 0 aliphatic heterocycles. The maximum absolute atomic E-state index is 12.0. The lowest BCUT2D eigenvalue weighted by atomic mass is 9.83. The third-order valence-electron chi connectivity index (χ3n) is 3.19. The number of ketones is 1. The fraction of sp³-hybridized carbons (Fsp3) is 0.308. The van der Waals surface area contributed by atoms with Crippen LogP contribution in [0, 0.1) is 0 Å². The molecule has 16 heavy (non-hydrogen) atoms. The van der Waals surface area contributed by atoms with Gasteiger partial charge in [0.1, 0.15) is 5.75 Å². The summed E-state index contributed by atoms with van der Waals surface area (Å²) in [6, 6.07) is 5.42. The van der Waals surface area contributed by atoms with Crippen LogP contribution < -0.4 is 4.74 Å². The van der Waals surface area contributed by atoms with Crippen molar-refractivity contribution in [2.24, 2.45) is 0 Å². The fourth-order valence-corrected chi connectivity index (χ4v) is 2.18. The zero-order valence-electron chi connectivity index (χ0n) is 9.57. The number of benzene rings is 1. The lowest BCUT2D eigenvalue weighted by Gasteiger charge is -2.19. The van der Waals surface area contributed by atoms with Crippen molar-refractivity contribution in [2.45, 2.75) is 19.3 Å². The van der Waals surface area contributed by atoms with Crippen molar-refractivity contribution in [2.75, 3.05) is 7.11 Å². The molecule has 1 N–H and O–H groups in total. The number of aliphatic hydroxyl groups is 1. The second kappa shape index (κ2) is 3.37. The Morgan fingerprint density at radius 1 is 1.38 bits per heavy atom. The van der Waals surface area contributed by atoms with Crippen LogP contribution in [0.4, 0.5) is 0 Å². The van der Waals surface area contributed by atoms with Crippen molar-refractivity contribution in [3.8, 4) is 5.75 Å². The molecule has 0 saturated heterocycles. The van der Waals surface area contributed by atoms with Gasteiger partial charge in [0.2, 0.25) is 0 Å². The van der Waals surface area contributed by atoms with Crippen molar-refractivity contribution in [1.82, 2.24) is 0 Å². The molecule has 3 heteroatoms. The zero-order chi connectivity index (χ0) is 11.9. The number of methoxy groups -OCH3 is 1. The molecule has 0 radical (unpaired) electrons. The number of hydrogen-bond acceptors (Lipinski definition) is 3. The molecule has 1 aliphatic carbocycles. The second-order valence-electron chi connectivity index (χ2n) is 4.41. The summed E-state index contributed by atoms with van der Waals surface area (Å²) in [7, 11) is 1.56. The molecule has 1 aromatic carbocycles. The van der Waals surface area contributed by atoms with Crippen LogP contribution in [-0.2, 0) is 5.41 Å².